The minimum absolute atomic E-state index is 0.0177. The predicted molar refractivity (Wildman–Crippen MR) is 91.9 cm³/mol. The highest BCUT2D eigenvalue weighted by molar-refractivity contribution is 6.10. The van der Waals surface area contributed by atoms with Crippen molar-refractivity contribution in [2.75, 3.05) is 11.4 Å². The largest absolute Gasteiger partial charge is 0.305 e. The molecule has 0 atom stereocenters. The molecule has 0 saturated heterocycles. The Morgan fingerprint density at radius 2 is 2.08 bits per heavy atom. The van der Waals surface area contributed by atoms with Gasteiger partial charge in [-0.15, -0.1) is 0 Å². The van der Waals surface area contributed by atoms with Crippen molar-refractivity contribution in [3.63, 3.8) is 0 Å². The summed E-state index contributed by atoms with van der Waals surface area (Å²) in [5.41, 5.74) is 4.42. The number of H-pyrrole nitrogens is 1. The van der Waals surface area contributed by atoms with E-state index in [1.165, 1.54) is 0 Å². The second-order valence-electron chi connectivity index (χ2n) is 5.88. The van der Waals surface area contributed by atoms with Gasteiger partial charge in [0.25, 0.3) is 5.91 Å². The van der Waals surface area contributed by atoms with E-state index in [1.54, 1.807) is 12.4 Å². The average Bonchev–Trinajstić information content (AvgIpc) is 3.28. The fourth-order valence-corrected chi connectivity index (χ4v) is 3.30. The first kappa shape index (κ1) is 14.7. The zero-order valence-corrected chi connectivity index (χ0v) is 13.6. The van der Waals surface area contributed by atoms with Gasteiger partial charge in [-0.1, -0.05) is 30.3 Å². The van der Waals surface area contributed by atoms with Crippen molar-refractivity contribution in [2.45, 2.75) is 26.3 Å². The lowest BCUT2D eigenvalue weighted by atomic mass is 10.0. The first-order valence-corrected chi connectivity index (χ1v) is 8.25. The van der Waals surface area contributed by atoms with Crippen LogP contribution in [0.15, 0.2) is 42.7 Å². The first-order valence-electron chi connectivity index (χ1n) is 8.25. The molecule has 4 rings (SSSR count). The van der Waals surface area contributed by atoms with Gasteiger partial charge in [-0.2, -0.15) is 10.2 Å². The topological polar surface area (TPSA) is 66.8 Å². The van der Waals surface area contributed by atoms with Crippen LogP contribution in [0.25, 0.3) is 11.3 Å². The maximum Gasteiger partial charge on any atom is 0.262 e. The van der Waals surface area contributed by atoms with Gasteiger partial charge in [-0.3, -0.25) is 14.6 Å². The van der Waals surface area contributed by atoms with Crippen molar-refractivity contribution in [3.8, 4) is 11.3 Å². The lowest BCUT2D eigenvalue weighted by Gasteiger charge is -2.26. The van der Waals surface area contributed by atoms with E-state index >= 15 is 0 Å². The van der Waals surface area contributed by atoms with Crippen molar-refractivity contribution in [2.24, 2.45) is 0 Å². The molecule has 122 valence electrons. The van der Waals surface area contributed by atoms with Gasteiger partial charge in [0.1, 0.15) is 0 Å². The lowest BCUT2D eigenvalue weighted by molar-refractivity contribution is 0.0985. The number of nitrogens with zero attached hydrogens (tertiary/aromatic N) is 4. The second kappa shape index (κ2) is 5.96. The van der Waals surface area contributed by atoms with Crippen molar-refractivity contribution in [1.82, 2.24) is 20.0 Å². The highest BCUT2D eigenvalue weighted by Crippen LogP contribution is 2.30. The Morgan fingerprint density at radius 1 is 1.25 bits per heavy atom. The number of fused-ring (bicyclic) bond motifs is 1. The molecule has 0 aliphatic carbocycles. The zero-order chi connectivity index (χ0) is 16.5. The smallest absolute Gasteiger partial charge is 0.262 e. The monoisotopic (exact) mass is 321 g/mol. The Morgan fingerprint density at radius 3 is 2.88 bits per heavy atom. The summed E-state index contributed by atoms with van der Waals surface area (Å²) in [6.45, 7) is 3.45. The molecule has 0 bridgehead atoms. The standard InChI is InChI=1S/C18H19N5O/c1-2-23-17(13-7-4-3-5-8-13)14(11-20-23)18(24)22-10-6-9-15-16(22)12-19-21-15/h3-5,7-8,11-12H,2,6,9-10H2,1H3,(H,19,21). The van der Waals surface area contributed by atoms with Crippen LogP contribution in [0, 0.1) is 0 Å². The molecular weight excluding hydrogens is 302 g/mol. The number of anilines is 1. The summed E-state index contributed by atoms with van der Waals surface area (Å²) in [5.74, 6) is -0.0177. The van der Waals surface area contributed by atoms with E-state index in [2.05, 4.69) is 15.3 Å². The molecule has 0 saturated carbocycles. The minimum atomic E-state index is -0.0177. The molecule has 1 N–H and O–H groups in total. The highest BCUT2D eigenvalue weighted by Gasteiger charge is 2.28. The molecule has 24 heavy (non-hydrogen) atoms. The SMILES string of the molecule is CCn1ncc(C(=O)N2CCCc3[nH]ncc32)c1-c1ccccc1. The Labute approximate surface area is 140 Å². The van der Waals surface area contributed by atoms with Crippen molar-refractivity contribution >= 4 is 11.6 Å². The molecule has 1 aromatic carbocycles. The number of aromatic nitrogens is 4. The number of nitrogens with one attached hydrogen (secondary N) is 1. The first-order chi connectivity index (χ1) is 11.8. The van der Waals surface area contributed by atoms with Crippen LogP contribution in [-0.4, -0.2) is 32.4 Å². The third-order valence-electron chi connectivity index (χ3n) is 4.46. The molecule has 0 radical (unpaired) electrons. The van der Waals surface area contributed by atoms with E-state index in [-0.39, 0.29) is 5.91 Å². The van der Waals surface area contributed by atoms with Gasteiger partial charge in [0.05, 0.1) is 35.0 Å². The van der Waals surface area contributed by atoms with E-state index in [0.29, 0.717) is 18.7 Å². The van der Waals surface area contributed by atoms with E-state index < -0.39 is 0 Å². The number of aromatic amines is 1. The lowest BCUT2D eigenvalue weighted by Crippen LogP contribution is -2.35. The van der Waals surface area contributed by atoms with Crippen LogP contribution in [0.2, 0.25) is 0 Å². The minimum Gasteiger partial charge on any atom is -0.305 e. The van der Waals surface area contributed by atoms with E-state index in [9.17, 15) is 4.79 Å². The number of rotatable bonds is 3. The van der Waals surface area contributed by atoms with Crippen LogP contribution in [0.1, 0.15) is 29.4 Å². The van der Waals surface area contributed by atoms with E-state index in [0.717, 1.165) is 35.5 Å². The summed E-state index contributed by atoms with van der Waals surface area (Å²) in [4.78, 5) is 15.0. The molecule has 0 fully saturated rings. The molecule has 6 nitrogen and oxygen atoms in total. The number of benzene rings is 1. The van der Waals surface area contributed by atoms with Gasteiger partial charge in [0, 0.05) is 18.7 Å². The summed E-state index contributed by atoms with van der Waals surface area (Å²) in [6.07, 6.45) is 5.28. The Kier molecular flexibility index (Phi) is 3.65. The van der Waals surface area contributed by atoms with Gasteiger partial charge in [0.2, 0.25) is 0 Å². The number of hydrogen-bond donors (Lipinski definition) is 1. The molecule has 2 aromatic heterocycles. The molecule has 3 aromatic rings. The predicted octanol–water partition coefficient (Wildman–Crippen LogP) is 2.89. The maximum atomic E-state index is 13.2. The summed E-state index contributed by atoms with van der Waals surface area (Å²) in [6, 6.07) is 9.95. The van der Waals surface area contributed by atoms with Crippen molar-refractivity contribution in [3.05, 3.63) is 54.0 Å². The Bertz CT molecular complexity index is 865. The average molecular weight is 321 g/mol. The van der Waals surface area contributed by atoms with E-state index in [1.807, 2.05) is 46.8 Å². The molecule has 6 heteroatoms. The number of carbonyl (C=O) groups excluding carboxylic acids is 1. The fourth-order valence-electron chi connectivity index (χ4n) is 3.30. The van der Waals surface area contributed by atoms with Crippen molar-refractivity contribution < 1.29 is 4.79 Å². The third-order valence-corrected chi connectivity index (χ3v) is 4.46. The van der Waals surface area contributed by atoms with Crippen LogP contribution in [0.3, 0.4) is 0 Å². The van der Waals surface area contributed by atoms with Crippen LogP contribution in [-0.2, 0) is 13.0 Å². The van der Waals surface area contributed by atoms with Crippen LogP contribution >= 0.6 is 0 Å². The van der Waals surface area contributed by atoms with Crippen LogP contribution in [0.5, 0.6) is 0 Å². The van der Waals surface area contributed by atoms with Crippen LogP contribution < -0.4 is 4.90 Å². The van der Waals surface area contributed by atoms with Gasteiger partial charge in [-0.05, 0) is 19.8 Å². The number of aryl methyl sites for hydroxylation is 2. The second-order valence-corrected chi connectivity index (χ2v) is 5.88. The maximum absolute atomic E-state index is 13.2. The van der Waals surface area contributed by atoms with E-state index in [4.69, 9.17) is 0 Å². The molecule has 1 aliphatic rings. The normalized spacial score (nSPS) is 13.8. The Balaban J connectivity index is 1.78. The third kappa shape index (κ3) is 2.31. The fraction of sp³-hybridized carbons (Fsp3) is 0.278. The zero-order valence-electron chi connectivity index (χ0n) is 13.6. The van der Waals surface area contributed by atoms with Gasteiger partial charge >= 0.3 is 0 Å². The molecule has 0 unspecified atom stereocenters. The molecule has 1 aliphatic heterocycles. The summed E-state index contributed by atoms with van der Waals surface area (Å²) in [7, 11) is 0. The van der Waals surface area contributed by atoms with Crippen molar-refractivity contribution in [1.29, 1.82) is 0 Å². The number of amides is 1. The molecular formula is C18H19N5O. The summed E-state index contributed by atoms with van der Waals surface area (Å²) < 4.78 is 1.88. The number of hydrogen-bond acceptors (Lipinski definition) is 3. The van der Waals surface area contributed by atoms with Gasteiger partial charge in [0.15, 0.2) is 0 Å². The molecule has 3 heterocycles. The number of carbonyl (C=O) groups is 1. The van der Waals surface area contributed by atoms with Crippen LogP contribution in [0.4, 0.5) is 5.69 Å². The quantitative estimate of drug-likeness (QED) is 0.806. The summed E-state index contributed by atoms with van der Waals surface area (Å²) >= 11 is 0. The summed E-state index contributed by atoms with van der Waals surface area (Å²) in [5, 5.41) is 11.5. The molecule has 0 spiro atoms. The molecule has 1 amide bonds. The van der Waals surface area contributed by atoms with Gasteiger partial charge < -0.3 is 4.90 Å². The van der Waals surface area contributed by atoms with Gasteiger partial charge in [-0.25, -0.2) is 0 Å². The highest BCUT2D eigenvalue weighted by atomic mass is 16.2. The Hall–Kier alpha value is -2.89.